The van der Waals surface area contributed by atoms with Gasteiger partial charge in [0.05, 0.1) is 11.0 Å². The van der Waals surface area contributed by atoms with Crippen molar-refractivity contribution in [3.05, 3.63) is 188 Å². The molecule has 0 amide bonds. The van der Waals surface area contributed by atoms with E-state index in [1.807, 2.05) is 91.0 Å². The van der Waals surface area contributed by atoms with Crippen LogP contribution in [0.2, 0.25) is 0 Å². The van der Waals surface area contributed by atoms with Crippen molar-refractivity contribution in [1.29, 1.82) is 0 Å². The third-order valence-electron chi connectivity index (χ3n) is 8.00. The summed E-state index contributed by atoms with van der Waals surface area (Å²) in [5.41, 5.74) is 3.25. The van der Waals surface area contributed by atoms with Crippen molar-refractivity contribution in [1.82, 2.24) is 0 Å². The summed E-state index contributed by atoms with van der Waals surface area (Å²) in [6, 6.07) is 40.8. The first-order chi connectivity index (χ1) is 25.7. The van der Waals surface area contributed by atoms with Crippen molar-refractivity contribution in [2.24, 2.45) is 0 Å². The molecule has 1 heteroatoms. The predicted molar refractivity (Wildman–Crippen MR) is 192 cm³/mol. The number of hydrogen-bond acceptors (Lipinski definition) is 1. The van der Waals surface area contributed by atoms with Crippen molar-refractivity contribution in [3.63, 3.8) is 0 Å². The predicted octanol–water partition coefficient (Wildman–Crippen LogP) is 12.5. The molecule has 8 aromatic rings. The number of rotatable bonds is 6. The van der Waals surface area contributed by atoms with Gasteiger partial charge < -0.3 is 4.90 Å². The van der Waals surface area contributed by atoms with Crippen LogP contribution in [0.3, 0.4) is 0 Å². The van der Waals surface area contributed by atoms with Gasteiger partial charge in [-0.2, -0.15) is 0 Å². The van der Waals surface area contributed by atoms with E-state index in [1.165, 1.54) is 4.90 Å². The van der Waals surface area contributed by atoms with Gasteiger partial charge in [-0.3, -0.25) is 0 Å². The lowest BCUT2D eigenvalue weighted by Crippen LogP contribution is -2.10. The van der Waals surface area contributed by atoms with Crippen molar-refractivity contribution in [2.75, 3.05) is 4.90 Å². The second kappa shape index (κ2) is 11.6. The Morgan fingerprint density at radius 1 is 0.378 bits per heavy atom. The van der Waals surface area contributed by atoms with Gasteiger partial charge in [0.1, 0.15) is 0 Å². The zero-order valence-electron chi connectivity index (χ0n) is 32.2. The molecule has 0 bridgehead atoms. The molecule has 0 fully saturated rings. The number of fused-ring (bicyclic) bond motifs is 2. The van der Waals surface area contributed by atoms with Gasteiger partial charge in [-0.05, 0) is 97.3 Å². The monoisotopic (exact) mass is 581 g/mol. The van der Waals surface area contributed by atoms with Gasteiger partial charge >= 0.3 is 0 Å². The van der Waals surface area contributed by atoms with Crippen molar-refractivity contribution < 1.29 is 11.0 Å². The van der Waals surface area contributed by atoms with E-state index in [0.29, 0.717) is 16.8 Å². The minimum atomic E-state index is -0.438. The molecule has 0 radical (unpaired) electrons. The molecule has 1 nitrogen and oxygen atoms in total. The first kappa shape index (κ1) is 19.4. The van der Waals surface area contributed by atoms with Crippen LogP contribution in [0.1, 0.15) is 11.0 Å². The first-order valence-electron chi connectivity index (χ1n) is 18.8. The van der Waals surface area contributed by atoms with Crippen LogP contribution in [-0.2, 0) is 0 Å². The molecule has 0 saturated heterocycles. The van der Waals surface area contributed by atoms with Crippen LogP contribution >= 0.6 is 0 Å². The fourth-order valence-electron chi connectivity index (χ4n) is 5.74. The van der Waals surface area contributed by atoms with Gasteiger partial charge in [-0.25, -0.2) is 0 Å². The Hall–Kier alpha value is -5.92. The second-order valence-corrected chi connectivity index (χ2v) is 10.8. The molecule has 0 aliphatic rings. The Bertz CT molecular complexity index is 2680. The van der Waals surface area contributed by atoms with Crippen molar-refractivity contribution >= 4 is 38.6 Å². The fourth-order valence-corrected chi connectivity index (χ4v) is 5.74. The quantitative estimate of drug-likeness (QED) is 0.189. The summed E-state index contributed by atoms with van der Waals surface area (Å²) in [6.45, 7) is 0. The Kier molecular flexibility index (Phi) is 5.01. The normalized spacial score (nSPS) is 13.6. The molecule has 8 aromatic carbocycles. The zero-order chi connectivity index (χ0) is 37.0. The van der Waals surface area contributed by atoms with E-state index in [-0.39, 0.29) is 58.8 Å². The first-order valence-corrected chi connectivity index (χ1v) is 14.8. The highest BCUT2D eigenvalue weighted by Gasteiger charge is 2.15. The lowest BCUT2D eigenvalue weighted by molar-refractivity contribution is 1.28. The van der Waals surface area contributed by atoms with Gasteiger partial charge in [-0.1, -0.05) is 145 Å². The summed E-state index contributed by atoms with van der Waals surface area (Å²) in [4.78, 5) is 1.38. The van der Waals surface area contributed by atoms with Crippen LogP contribution < -0.4 is 4.90 Å². The van der Waals surface area contributed by atoms with Crippen LogP contribution in [0, 0.1) is 0 Å². The molecule has 0 N–H and O–H groups in total. The van der Waals surface area contributed by atoms with Gasteiger partial charge in [-0.15, -0.1) is 0 Å². The van der Waals surface area contributed by atoms with Crippen molar-refractivity contribution in [3.8, 4) is 33.4 Å². The molecular weight excluding hydrogens is 542 g/mol. The standard InChI is InChI=1S/C44H31N/c1-2-10-32(11-3-1)34-22-26-40(27-23-34)45(41-28-24-36(25-29-41)44-19-9-15-35-13-6-7-18-43(35)44)42-17-8-16-38(31-42)39-21-20-33-12-4-5-14-37(33)30-39/h1-31H/i8D,16D,17D,22D,23D,26D,27D,31D. The van der Waals surface area contributed by atoms with E-state index in [0.717, 1.165) is 32.7 Å². The van der Waals surface area contributed by atoms with Crippen LogP contribution in [0.25, 0.3) is 54.9 Å². The summed E-state index contributed by atoms with van der Waals surface area (Å²) < 4.78 is 73.6. The third-order valence-corrected chi connectivity index (χ3v) is 8.00. The molecule has 0 atom stereocenters. The van der Waals surface area contributed by atoms with Crippen molar-refractivity contribution in [2.45, 2.75) is 0 Å². The lowest BCUT2D eigenvalue weighted by atomic mass is 9.98. The largest absolute Gasteiger partial charge is 0.310 e. The van der Waals surface area contributed by atoms with Gasteiger partial charge in [0.2, 0.25) is 0 Å². The topological polar surface area (TPSA) is 3.24 Å². The van der Waals surface area contributed by atoms with Crippen LogP contribution in [-0.4, -0.2) is 0 Å². The highest BCUT2D eigenvalue weighted by molar-refractivity contribution is 5.97. The van der Waals surface area contributed by atoms with E-state index in [2.05, 4.69) is 6.07 Å². The summed E-state index contributed by atoms with van der Waals surface area (Å²) in [6.07, 6.45) is 0. The van der Waals surface area contributed by atoms with E-state index in [4.69, 9.17) is 5.48 Å². The van der Waals surface area contributed by atoms with E-state index < -0.39 is 12.1 Å². The molecule has 0 heterocycles. The SMILES string of the molecule is [2H]c1c([2H])c(-c2ccc3ccccc3c2)c([2H])c(N(c2ccc(-c3cccc4ccccc34)cc2)c2c([2H])c([2H])c(-c3ccccc3)c([2H])c2[2H])c1[2H]. The van der Waals surface area contributed by atoms with Gasteiger partial charge in [0, 0.05) is 17.1 Å². The Balaban J connectivity index is 1.40. The van der Waals surface area contributed by atoms with E-state index >= 15 is 0 Å². The Labute approximate surface area is 275 Å². The summed E-state index contributed by atoms with van der Waals surface area (Å²) >= 11 is 0. The molecule has 0 spiro atoms. The molecule has 212 valence electrons. The smallest absolute Gasteiger partial charge is 0.0651 e. The average Bonchev–Trinajstić information content (AvgIpc) is 3.19. The highest BCUT2D eigenvalue weighted by Crippen LogP contribution is 2.39. The summed E-state index contributed by atoms with van der Waals surface area (Å²) in [5, 5.41) is 3.98. The van der Waals surface area contributed by atoms with Crippen LogP contribution in [0.4, 0.5) is 17.1 Å². The number of benzene rings is 8. The van der Waals surface area contributed by atoms with Gasteiger partial charge in [0.25, 0.3) is 0 Å². The molecule has 0 aliphatic carbocycles. The molecule has 45 heavy (non-hydrogen) atoms. The van der Waals surface area contributed by atoms with E-state index in [9.17, 15) is 5.48 Å². The summed E-state index contributed by atoms with van der Waals surface area (Å²) in [7, 11) is 0. The third kappa shape index (κ3) is 5.26. The molecule has 0 unspecified atom stereocenters. The highest BCUT2D eigenvalue weighted by atomic mass is 15.1. The molecular formula is C44H31N. The molecule has 0 aromatic heterocycles. The Morgan fingerprint density at radius 3 is 1.89 bits per heavy atom. The molecule has 0 aliphatic heterocycles. The van der Waals surface area contributed by atoms with E-state index in [1.54, 1.807) is 42.5 Å². The minimum Gasteiger partial charge on any atom is -0.310 e. The minimum absolute atomic E-state index is 0.125. The molecule has 0 saturated carbocycles. The second-order valence-electron chi connectivity index (χ2n) is 10.8. The number of nitrogens with zero attached hydrogens (tertiary/aromatic N) is 1. The zero-order valence-corrected chi connectivity index (χ0v) is 24.2. The Morgan fingerprint density at radius 2 is 1.07 bits per heavy atom. The summed E-state index contributed by atoms with van der Waals surface area (Å²) in [5.74, 6) is 0. The fraction of sp³-hybridized carbons (Fsp3) is 0. The lowest BCUT2D eigenvalue weighted by Gasteiger charge is -2.26. The van der Waals surface area contributed by atoms with Crippen LogP contribution in [0.15, 0.2) is 188 Å². The maximum absolute atomic E-state index is 9.61. The maximum Gasteiger partial charge on any atom is 0.0651 e. The maximum atomic E-state index is 9.61. The number of hydrogen-bond donors (Lipinski definition) is 0. The average molecular weight is 582 g/mol. The van der Waals surface area contributed by atoms with Gasteiger partial charge in [0.15, 0.2) is 0 Å². The number of anilines is 3. The van der Waals surface area contributed by atoms with Crippen LogP contribution in [0.5, 0.6) is 0 Å². The molecule has 8 rings (SSSR count).